The Bertz CT molecular complexity index is 412. The first-order valence-corrected chi connectivity index (χ1v) is 7.59. The fourth-order valence-electron chi connectivity index (χ4n) is 2.62. The molecule has 1 aliphatic heterocycles. The third kappa shape index (κ3) is 3.72. The van der Waals surface area contributed by atoms with Gasteiger partial charge in [-0.15, -0.1) is 11.6 Å². The van der Waals surface area contributed by atoms with E-state index in [-0.39, 0.29) is 0 Å². The van der Waals surface area contributed by atoms with Crippen molar-refractivity contribution in [3.8, 4) is 5.88 Å². The molecular weight excluding hydrogens is 262 g/mol. The Morgan fingerprint density at radius 3 is 3.00 bits per heavy atom. The molecular formula is C14H22ClN3O. The second kappa shape index (κ2) is 6.94. The molecule has 0 saturated carbocycles. The number of hydrogen-bond donors (Lipinski definition) is 0. The summed E-state index contributed by atoms with van der Waals surface area (Å²) in [6, 6.07) is 2.44. The number of ether oxygens (including phenoxy) is 1. The van der Waals surface area contributed by atoms with Gasteiger partial charge in [0.2, 0.25) is 5.88 Å². The molecule has 19 heavy (non-hydrogen) atoms. The predicted octanol–water partition coefficient (Wildman–Crippen LogP) is 3.17. The van der Waals surface area contributed by atoms with Gasteiger partial charge in [-0.25, -0.2) is 4.98 Å². The van der Waals surface area contributed by atoms with Crippen molar-refractivity contribution >= 4 is 17.4 Å². The molecule has 5 heteroatoms. The molecule has 0 radical (unpaired) electrons. The first-order valence-electron chi connectivity index (χ1n) is 7.05. The molecule has 2 heterocycles. The highest BCUT2D eigenvalue weighted by Gasteiger charge is 2.23. The Morgan fingerprint density at radius 2 is 2.26 bits per heavy atom. The van der Waals surface area contributed by atoms with Gasteiger partial charge in [0.25, 0.3) is 0 Å². The second-order valence-corrected chi connectivity index (χ2v) is 5.24. The van der Waals surface area contributed by atoms with Crippen molar-refractivity contribution in [1.29, 1.82) is 0 Å². The van der Waals surface area contributed by atoms with Gasteiger partial charge in [-0.2, -0.15) is 4.98 Å². The van der Waals surface area contributed by atoms with Gasteiger partial charge in [0, 0.05) is 24.5 Å². The standard InChI is InChI=1S/C14H22ClN3O/c1-3-19-14-10-13(16-11(2)17-14)18-9-5-4-6-12(18)7-8-15/h10,12H,3-9H2,1-2H3. The maximum absolute atomic E-state index is 5.92. The van der Waals surface area contributed by atoms with Gasteiger partial charge in [0.05, 0.1) is 6.61 Å². The summed E-state index contributed by atoms with van der Waals surface area (Å²) in [6.07, 6.45) is 4.69. The molecule has 1 atom stereocenters. The molecule has 0 spiro atoms. The highest BCUT2D eigenvalue weighted by atomic mass is 35.5. The van der Waals surface area contributed by atoms with Crippen molar-refractivity contribution in [2.24, 2.45) is 0 Å². The minimum atomic E-state index is 0.495. The number of anilines is 1. The molecule has 0 aliphatic carbocycles. The first-order chi connectivity index (χ1) is 9.24. The van der Waals surface area contributed by atoms with Crippen molar-refractivity contribution in [2.75, 3.05) is 23.9 Å². The van der Waals surface area contributed by atoms with E-state index >= 15 is 0 Å². The Morgan fingerprint density at radius 1 is 1.42 bits per heavy atom. The lowest BCUT2D eigenvalue weighted by atomic mass is 10.00. The van der Waals surface area contributed by atoms with Crippen molar-refractivity contribution in [2.45, 2.75) is 45.6 Å². The Hall–Kier alpha value is -1.03. The number of halogens is 1. The van der Waals surface area contributed by atoms with Gasteiger partial charge in [0.15, 0.2) is 0 Å². The number of alkyl halides is 1. The van der Waals surface area contributed by atoms with Crippen LogP contribution in [-0.4, -0.2) is 35.0 Å². The Labute approximate surface area is 120 Å². The molecule has 1 fully saturated rings. The highest BCUT2D eigenvalue weighted by Crippen LogP contribution is 2.27. The SMILES string of the molecule is CCOc1cc(N2CCCCC2CCCl)nc(C)n1. The molecule has 1 saturated heterocycles. The third-order valence-electron chi connectivity index (χ3n) is 3.46. The van der Waals surface area contributed by atoms with Gasteiger partial charge < -0.3 is 9.64 Å². The minimum absolute atomic E-state index is 0.495. The molecule has 1 aromatic rings. The normalized spacial score (nSPS) is 19.5. The molecule has 1 aromatic heterocycles. The van der Waals surface area contributed by atoms with Crippen LogP contribution in [0.15, 0.2) is 6.07 Å². The number of hydrogen-bond acceptors (Lipinski definition) is 4. The number of rotatable bonds is 5. The average Bonchev–Trinajstić information content (AvgIpc) is 2.39. The second-order valence-electron chi connectivity index (χ2n) is 4.87. The summed E-state index contributed by atoms with van der Waals surface area (Å²) in [5.41, 5.74) is 0. The van der Waals surface area contributed by atoms with E-state index < -0.39 is 0 Å². The summed E-state index contributed by atoms with van der Waals surface area (Å²) in [7, 11) is 0. The van der Waals surface area contributed by atoms with Crippen LogP contribution in [0.25, 0.3) is 0 Å². The largest absolute Gasteiger partial charge is 0.478 e. The molecule has 0 aromatic carbocycles. The van der Waals surface area contributed by atoms with Crippen LogP contribution in [0.2, 0.25) is 0 Å². The molecule has 0 amide bonds. The minimum Gasteiger partial charge on any atom is -0.478 e. The molecule has 0 bridgehead atoms. The van der Waals surface area contributed by atoms with Gasteiger partial charge >= 0.3 is 0 Å². The monoisotopic (exact) mass is 283 g/mol. The van der Waals surface area contributed by atoms with Gasteiger partial charge in [0.1, 0.15) is 11.6 Å². The van der Waals surface area contributed by atoms with E-state index in [9.17, 15) is 0 Å². The first kappa shape index (κ1) is 14.4. The molecule has 1 unspecified atom stereocenters. The van der Waals surface area contributed by atoms with Crippen molar-refractivity contribution in [3.05, 3.63) is 11.9 Å². The smallest absolute Gasteiger partial charge is 0.218 e. The van der Waals surface area contributed by atoms with Crippen molar-refractivity contribution in [3.63, 3.8) is 0 Å². The quantitative estimate of drug-likeness (QED) is 0.778. The zero-order valence-electron chi connectivity index (χ0n) is 11.7. The summed E-state index contributed by atoms with van der Waals surface area (Å²) in [6.45, 7) is 5.55. The predicted molar refractivity (Wildman–Crippen MR) is 78.3 cm³/mol. The maximum Gasteiger partial charge on any atom is 0.218 e. The molecule has 4 nitrogen and oxygen atoms in total. The lowest BCUT2D eigenvalue weighted by molar-refractivity contribution is 0.325. The average molecular weight is 284 g/mol. The van der Waals surface area contributed by atoms with Crippen molar-refractivity contribution < 1.29 is 4.74 Å². The Balaban J connectivity index is 2.22. The number of piperidine rings is 1. The van der Waals surface area contributed by atoms with E-state index in [1.807, 2.05) is 19.9 Å². The molecule has 1 aliphatic rings. The van der Waals surface area contributed by atoms with E-state index in [0.29, 0.717) is 24.4 Å². The molecule has 2 rings (SSSR count). The topological polar surface area (TPSA) is 38.2 Å². The van der Waals surface area contributed by atoms with E-state index in [2.05, 4.69) is 14.9 Å². The van der Waals surface area contributed by atoms with E-state index in [4.69, 9.17) is 16.3 Å². The van der Waals surface area contributed by atoms with Crippen LogP contribution >= 0.6 is 11.6 Å². The summed E-state index contributed by atoms with van der Waals surface area (Å²) in [5, 5.41) is 0. The summed E-state index contributed by atoms with van der Waals surface area (Å²) in [5.74, 6) is 3.10. The zero-order chi connectivity index (χ0) is 13.7. The third-order valence-corrected chi connectivity index (χ3v) is 3.68. The van der Waals surface area contributed by atoms with E-state index in [1.165, 1.54) is 19.3 Å². The van der Waals surface area contributed by atoms with Crippen LogP contribution in [0.5, 0.6) is 5.88 Å². The number of aromatic nitrogens is 2. The van der Waals surface area contributed by atoms with Crippen LogP contribution in [0.3, 0.4) is 0 Å². The van der Waals surface area contributed by atoms with Crippen LogP contribution in [0.1, 0.15) is 38.4 Å². The fourth-order valence-corrected chi connectivity index (χ4v) is 2.87. The maximum atomic E-state index is 5.92. The van der Waals surface area contributed by atoms with Gasteiger partial charge in [-0.1, -0.05) is 0 Å². The lowest BCUT2D eigenvalue weighted by Crippen LogP contribution is -2.40. The van der Waals surface area contributed by atoms with Crippen LogP contribution in [0.4, 0.5) is 5.82 Å². The van der Waals surface area contributed by atoms with Crippen LogP contribution in [-0.2, 0) is 0 Å². The van der Waals surface area contributed by atoms with Crippen molar-refractivity contribution in [1.82, 2.24) is 9.97 Å². The summed E-state index contributed by atoms with van der Waals surface area (Å²) < 4.78 is 5.51. The number of nitrogens with zero attached hydrogens (tertiary/aromatic N) is 3. The number of aryl methyl sites for hydroxylation is 1. The molecule has 0 N–H and O–H groups in total. The lowest BCUT2D eigenvalue weighted by Gasteiger charge is -2.36. The van der Waals surface area contributed by atoms with E-state index in [1.54, 1.807) is 0 Å². The van der Waals surface area contributed by atoms with Crippen LogP contribution < -0.4 is 9.64 Å². The Kier molecular flexibility index (Phi) is 5.25. The van der Waals surface area contributed by atoms with Crippen LogP contribution in [0, 0.1) is 6.92 Å². The van der Waals surface area contributed by atoms with Gasteiger partial charge in [-0.05, 0) is 39.5 Å². The fraction of sp³-hybridized carbons (Fsp3) is 0.714. The van der Waals surface area contributed by atoms with E-state index in [0.717, 1.165) is 24.6 Å². The highest BCUT2D eigenvalue weighted by molar-refractivity contribution is 6.17. The van der Waals surface area contributed by atoms with Gasteiger partial charge in [-0.3, -0.25) is 0 Å². The molecule has 106 valence electrons. The zero-order valence-corrected chi connectivity index (χ0v) is 12.5. The summed E-state index contributed by atoms with van der Waals surface area (Å²) in [4.78, 5) is 11.2. The summed E-state index contributed by atoms with van der Waals surface area (Å²) >= 11 is 5.92.